The number of benzene rings is 8. The van der Waals surface area contributed by atoms with Crippen molar-refractivity contribution in [2.75, 3.05) is 0 Å². The van der Waals surface area contributed by atoms with Gasteiger partial charge in [-0.25, -0.2) is 4.98 Å². The maximum absolute atomic E-state index is 9.07. The van der Waals surface area contributed by atoms with Crippen LogP contribution in [0.3, 0.4) is 0 Å². The topological polar surface area (TPSA) is 35.9 Å². The Balaban J connectivity index is 0.00000596. The number of ether oxygens (including phenoxy) is 1. The van der Waals surface area contributed by atoms with Crippen LogP contribution in [-0.2, 0) is 26.5 Å². The van der Waals surface area contributed by atoms with Crippen LogP contribution in [-0.4, -0.2) is 14.1 Å². The Hall–Kier alpha value is -7.07. The summed E-state index contributed by atoms with van der Waals surface area (Å²) in [5.74, 6) is 1.54. The molecule has 0 bridgehead atoms. The van der Waals surface area contributed by atoms with Gasteiger partial charge in [-0.3, -0.25) is 4.57 Å². The van der Waals surface area contributed by atoms with Gasteiger partial charge in [0.2, 0.25) is 0 Å². The van der Waals surface area contributed by atoms with Crippen molar-refractivity contribution in [2.24, 2.45) is 0 Å². The fourth-order valence-electron chi connectivity index (χ4n) is 8.08. The quantitative estimate of drug-likeness (QED) is 0.118. The van der Waals surface area contributed by atoms with E-state index in [1.807, 2.05) is 91.1 Å². The number of para-hydroxylation sites is 4. The van der Waals surface area contributed by atoms with Crippen molar-refractivity contribution in [2.45, 2.75) is 26.2 Å². The molecule has 0 saturated carbocycles. The molecule has 0 fully saturated rings. The standard InChI is InChI=1S/C56H40N4O.Pt/c1-56(2,3)41-31-32-57-54(34-41)60-49-26-13-12-23-47(49)48-30-29-42(35-53(48)60)61-43-33-40-21-10-11-22-44(40)52(36-43)58-37-59(51-28-15-14-27-50(51)58)55-45(38-17-6-4-7-18-38)24-16-25-46(55)39-19-8-5-9-20-39;/h4-34H,1-3H3;/q-2;/i4D,5D,6D,7D,8D,9D,17D,18D,19D,20D;. The normalized spacial score (nSPS) is 13.9. The first-order valence-corrected chi connectivity index (χ1v) is 19.8. The molecule has 0 N–H and O–H groups in total. The zero-order valence-corrected chi connectivity index (χ0v) is 35.9. The number of fused-ring (bicyclic) bond motifs is 5. The summed E-state index contributed by atoms with van der Waals surface area (Å²) in [6.07, 6.45) is 5.32. The Labute approximate surface area is 389 Å². The molecular formula is C56H40N4OPt-2. The average molecular weight is 990 g/mol. The maximum Gasteiger partial charge on any atom is 0.268 e. The second-order valence-electron chi connectivity index (χ2n) is 15.7. The van der Waals surface area contributed by atoms with E-state index in [0.717, 1.165) is 44.0 Å². The molecule has 8 aromatic carbocycles. The van der Waals surface area contributed by atoms with E-state index in [-0.39, 0.29) is 54.4 Å². The number of imidazole rings is 1. The molecule has 0 saturated heterocycles. The van der Waals surface area contributed by atoms with Crippen molar-refractivity contribution in [3.8, 4) is 50.9 Å². The Morgan fingerprint density at radius 1 is 0.629 bits per heavy atom. The van der Waals surface area contributed by atoms with Crippen LogP contribution in [0.5, 0.6) is 11.5 Å². The summed E-state index contributed by atoms with van der Waals surface area (Å²) in [7, 11) is 0. The summed E-state index contributed by atoms with van der Waals surface area (Å²) in [5, 5.41) is 3.60. The molecule has 5 nitrogen and oxygen atoms in total. The van der Waals surface area contributed by atoms with Gasteiger partial charge in [-0.05, 0) is 62.5 Å². The van der Waals surface area contributed by atoms with Gasteiger partial charge in [0.05, 0.1) is 30.4 Å². The third kappa shape index (κ3) is 6.80. The minimum Gasteiger partial charge on any atom is -0.510 e. The summed E-state index contributed by atoms with van der Waals surface area (Å²) in [6.45, 7) is 6.51. The number of aromatic nitrogens is 4. The van der Waals surface area contributed by atoms with E-state index in [4.69, 9.17) is 23.4 Å². The first-order valence-electron chi connectivity index (χ1n) is 24.8. The first-order chi connectivity index (χ1) is 34.0. The fourth-order valence-corrected chi connectivity index (χ4v) is 8.08. The molecule has 3 aromatic heterocycles. The smallest absolute Gasteiger partial charge is 0.268 e. The average Bonchev–Trinajstić information content (AvgIpc) is 3.92. The molecule has 0 radical (unpaired) electrons. The molecule has 302 valence electrons. The molecule has 0 aliphatic rings. The molecule has 0 amide bonds. The monoisotopic (exact) mass is 989 g/mol. The number of rotatable bonds is 7. The van der Waals surface area contributed by atoms with Crippen LogP contribution in [0.15, 0.2) is 188 Å². The van der Waals surface area contributed by atoms with Crippen LogP contribution >= 0.6 is 0 Å². The summed E-state index contributed by atoms with van der Waals surface area (Å²) in [6, 6.07) is 39.8. The molecule has 0 atom stereocenters. The second kappa shape index (κ2) is 15.8. The van der Waals surface area contributed by atoms with Gasteiger partial charge in [-0.1, -0.05) is 166 Å². The van der Waals surface area contributed by atoms with E-state index >= 15 is 0 Å². The fraction of sp³-hybridized carbons (Fsp3) is 0.0714. The van der Waals surface area contributed by atoms with Crippen molar-refractivity contribution < 1.29 is 44.1 Å². The number of hydrogen-bond acceptors (Lipinski definition) is 2. The van der Waals surface area contributed by atoms with Gasteiger partial charge in [-0.2, -0.15) is 6.07 Å². The molecule has 6 heteroatoms. The van der Waals surface area contributed by atoms with Crippen molar-refractivity contribution >= 4 is 43.6 Å². The predicted octanol–water partition coefficient (Wildman–Crippen LogP) is 13.4. The summed E-state index contributed by atoms with van der Waals surface area (Å²) in [4.78, 5) is 4.82. The zero-order valence-electron chi connectivity index (χ0n) is 43.6. The molecule has 3 heterocycles. The third-order valence-corrected chi connectivity index (χ3v) is 10.9. The minimum atomic E-state index is -0.574. The minimum absolute atomic E-state index is 0. The molecule has 0 unspecified atom stereocenters. The van der Waals surface area contributed by atoms with Gasteiger partial charge in [-0.15, -0.1) is 46.5 Å². The van der Waals surface area contributed by atoms with Gasteiger partial charge in [0.15, 0.2) is 0 Å². The van der Waals surface area contributed by atoms with E-state index in [1.165, 1.54) is 0 Å². The number of pyridine rings is 1. The van der Waals surface area contributed by atoms with Gasteiger partial charge < -0.3 is 13.9 Å². The van der Waals surface area contributed by atoms with E-state index in [1.54, 1.807) is 27.3 Å². The van der Waals surface area contributed by atoms with Crippen LogP contribution < -0.4 is 9.30 Å². The van der Waals surface area contributed by atoms with E-state index in [0.29, 0.717) is 28.2 Å². The Kier molecular flexibility index (Phi) is 7.43. The van der Waals surface area contributed by atoms with Gasteiger partial charge in [0.25, 0.3) is 6.33 Å². The van der Waals surface area contributed by atoms with Crippen LogP contribution in [0.2, 0.25) is 0 Å². The van der Waals surface area contributed by atoms with Crippen LogP contribution in [0.1, 0.15) is 40.0 Å². The Morgan fingerprint density at radius 3 is 2.02 bits per heavy atom. The van der Waals surface area contributed by atoms with Crippen molar-refractivity contribution in [1.29, 1.82) is 0 Å². The molecule has 0 aliphatic heterocycles. The molecule has 11 aromatic rings. The van der Waals surface area contributed by atoms with Gasteiger partial charge >= 0.3 is 0 Å². The zero-order chi connectivity index (χ0) is 49.8. The molecule has 62 heavy (non-hydrogen) atoms. The van der Waals surface area contributed by atoms with Crippen molar-refractivity contribution in [3.63, 3.8) is 0 Å². The van der Waals surface area contributed by atoms with Crippen LogP contribution in [0.25, 0.3) is 83.1 Å². The molecule has 0 spiro atoms. The van der Waals surface area contributed by atoms with Crippen LogP contribution in [0, 0.1) is 18.5 Å². The summed E-state index contributed by atoms with van der Waals surface area (Å²) < 4.78 is 99.7. The first kappa shape index (κ1) is 29.2. The molecular weight excluding hydrogens is 940 g/mol. The molecule has 11 rings (SSSR count). The Morgan fingerprint density at radius 2 is 1.29 bits per heavy atom. The largest absolute Gasteiger partial charge is 0.510 e. The maximum atomic E-state index is 9.07. The Bertz CT molecular complexity index is 3910. The summed E-state index contributed by atoms with van der Waals surface area (Å²) in [5.41, 5.74) is 4.60. The number of nitrogens with zero attached hydrogens (tertiary/aromatic N) is 4. The summed E-state index contributed by atoms with van der Waals surface area (Å²) >= 11 is 0. The van der Waals surface area contributed by atoms with E-state index < -0.39 is 60.4 Å². The van der Waals surface area contributed by atoms with Crippen molar-refractivity contribution in [3.05, 3.63) is 212 Å². The van der Waals surface area contributed by atoms with Crippen molar-refractivity contribution in [1.82, 2.24) is 14.1 Å². The number of hydrogen-bond donors (Lipinski definition) is 0. The molecule has 0 aliphatic carbocycles. The SMILES string of the molecule is [2H]c1c([2H])c([2H])c(-c2cccc(-c3c([2H])c([2H])c([2H])c([2H])c3[2H])c2-[n+]2[c-]n(-c3[c-]c(Oc4[c-]c5c(cc4)c4ccccc4n5-c4cc(C(C)(C)C)ccn4)cc4ccccc34)c3ccccc32)c([2H])c1[2H].[Pt]. The second-order valence-corrected chi connectivity index (χ2v) is 15.7. The van der Waals surface area contributed by atoms with E-state index in [2.05, 4.69) is 62.0 Å². The van der Waals surface area contributed by atoms with Crippen LogP contribution in [0.4, 0.5) is 0 Å². The predicted molar refractivity (Wildman–Crippen MR) is 247 cm³/mol. The third-order valence-electron chi connectivity index (χ3n) is 10.9. The van der Waals surface area contributed by atoms with Gasteiger partial charge in [0.1, 0.15) is 5.82 Å². The van der Waals surface area contributed by atoms with E-state index in [9.17, 15) is 0 Å². The van der Waals surface area contributed by atoms with Gasteiger partial charge in [0, 0.05) is 44.3 Å².